The Kier molecular flexibility index (Phi) is 8.55. The highest BCUT2D eigenvalue weighted by atomic mass is 32.2. The fraction of sp³-hybridized carbons (Fsp3) is 0.760. The third kappa shape index (κ3) is 6.84. The minimum absolute atomic E-state index is 0.223. The molecule has 1 N–H and O–H groups in total. The van der Waals surface area contributed by atoms with Crippen LogP contribution in [0.4, 0.5) is 4.79 Å². The molecule has 3 heterocycles. The lowest BCUT2D eigenvalue weighted by atomic mass is 9.81. The van der Waals surface area contributed by atoms with Crippen LogP contribution >= 0.6 is 0 Å². The van der Waals surface area contributed by atoms with Crippen molar-refractivity contribution in [1.82, 2.24) is 20.2 Å². The number of hydrogen-bond donors (Lipinski definition) is 1. The zero-order valence-corrected chi connectivity index (χ0v) is 24.7. The molecular weight excluding hydrogens is 511 g/mol. The highest BCUT2D eigenvalue weighted by Crippen LogP contribution is 2.36. The number of likely N-dealkylation sites (tertiary alicyclic amines) is 1. The van der Waals surface area contributed by atoms with Crippen molar-refractivity contribution < 1.29 is 32.1 Å². The Balaban J connectivity index is 1.71. The Morgan fingerprint density at radius 3 is 2.21 bits per heavy atom. The van der Waals surface area contributed by atoms with Crippen LogP contribution in [-0.4, -0.2) is 83.6 Å². The Bertz CT molecular complexity index is 1120. The van der Waals surface area contributed by atoms with Crippen LogP contribution in [0.2, 0.25) is 0 Å². The average Bonchev–Trinajstić information content (AvgIpc) is 3.30. The standard InChI is InChI=1S/C25H41BN4O7S/c1-16(2)19(29-22(32)35-23(3,4)5)20(31)30-12-10-11-18(30)15-38(33,34)21-27-13-17(14-28-21)26-36-24(6,7)25(8,9)37-26/h13-14,16,18-19H,10-12,15H2,1-9H3,(H,29,32)/t18-,19+/m1/s1. The zero-order valence-electron chi connectivity index (χ0n) is 23.9. The van der Waals surface area contributed by atoms with Crippen molar-refractivity contribution in [3.05, 3.63) is 12.4 Å². The molecule has 38 heavy (non-hydrogen) atoms. The molecule has 0 saturated carbocycles. The van der Waals surface area contributed by atoms with Crippen molar-refractivity contribution in [2.24, 2.45) is 5.92 Å². The molecular formula is C25H41BN4O7S. The van der Waals surface area contributed by atoms with Gasteiger partial charge in [0.1, 0.15) is 11.6 Å². The van der Waals surface area contributed by atoms with Gasteiger partial charge in [-0.1, -0.05) is 13.8 Å². The highest BCUT2D eigenvalue weighted by molar-refractivity contribution is 7.91. The molecule has 212 valence electrons. The van der Waals surface area contributed by atoms with E-state index in [-0.39, 0.29) is 22.7 Å². The van der Waals surface area contributed by atoms with E-state index in [0.29, 0.717) is 24.8 Å². The van der Waals surface area contributed by atoms with Gasteiger partial charge in [0.05, 0.1) is 17.0 Å². The van der Waals surface area contributed by atoms with E-state index in [0.717, 1.165) is 0 Å². The van der Waals surface area contributed by atoms with Gasteiger partial charge in [-0.05, 0) is 67.2 Å². The van der Waals surface area contributed by atoms with Crippen LogP contribution in [0, 0.1) is 5.92 Å². The average molecular weight is 553 g/mol. The molecule has 1 aromatic heterocycles. The van der Waals surface area contributed by atoms with E-state index < -0.39 is 51.9 Å². The van der Waals surface area contributed by atoms with Gasteiger partial charge >= 0.3 is 13.2 Å². The highest BCUT2D eigenvalue weighted by Gasteiger charge is 2.52. The van der Waals surface area contributed by atoms with E-state index in [1.165, 1.54) is 12.4 Å². The van der Waals surface area contributed by atoms with Gasteiger partial charge in [-0.15, -0.1) is 0 Å². The Hall–Kier alpha value is -2.25. The van der Waals surface area contributed by atoms with Crippen molar-refractivity contribution in [2.75, 3.05) is 12.3 Å². The number of sulfone groups is 1. The molecule has 2 fully saturated rings. The Morgan fingerprint density at radius 2 is 1.71 bits per heavy atom. The summed E-state index contributed by atoms with van der Waals surface area (Å²) in [5, 5.41) is 2.34. The number of hydrogen-bond acceptors (Lipinski definition) is 9. The lowest BCUT2D eigenvalue weighted by Gasteiger charge is -2.32. The summed E-state index contributed by atoms with van der Waals surface area (Å²) in [6.45, 7) is 17.0. The molecule has 0 radical (unpaired) electrons. The zero-order chi connectivity index (χ0) is 28.7. The van der Waals surface area contributed by atoms with Gasteiger partial charge in [-0.25, -0.2) is 23.2 Å². The van der Waals surface area contributed by atoms with Gasteiger partial charge in [0, 0.05) is 30.4 Å². The number of ether oxygens (including phenoxy) is 1. The first-order valence-corrected chi connectivity index (χ1v) is 14.7. The Morgan fingerprint density at radius 1 is 1.16 bits per heavy atom. The number of alkyl carbamates (subject to hydrolysis) is 1. The molecule has 1 aromatic rings. The summed E-state index contributed by atoms with van der Waals surface area (Å²) in [5.74, 6) is -0.870. The fourth-order valence-corrected chi connectivity index (χ4v) is 5.77. The molecule has 0 spiro atoms. The fourth-order valence-electron chi connectivity index (χ4n) is 4.34. The summed E-state index contributed by atoms with van der Waals surface area (Å²) in [7, 11) is -4.60. The van der Waals surface area contributed by atoms with Gasteiger partial charge < -0.3 is 24.3 Å². The second kappa shape index (κ2) is 10.7. The molecule has 0 aromatic carbocycles. The Labute approximate surface area is 226 Å². The van der Waals surface area contributed by atoms with Crippen LogP contribution in [-0.2, 0) is 28.7 Å². The molecule has 0 bridgehead atoms. The van der Waals surface area contributed by atoms with Crippen LogP contribution in [0.5, 0.6) is 0 Å². The van der Waals surface area contributed by atoms with Gasteiger partial charge in [0.25, 0.3) is 0 Å². The quantitative estimate of drug-likeness (QED) is 0.398. The van der Waals surface area contributed by atoms with E-state index in [2.05, 4.69) is 15.3 Å². The van der Waals surface area contributed by atoms with Crippen molar-refractivity contribution in [1.29, 1.82) is 0 Å². The minimum Gasteiger partial charge on any atom is -0.444 e. The minimum atomic E-state index is -3.90. The molecule has 11 nitrogen and oxygen atoms in total. The second-order valence-corrected chi connectivity index (χ2v) is 14.3. The summed E-state index contributed by atoms with van der Waals surface area (Å²) < 4.78 is 43.7. The van der Waals surface area contributed by atoms with E-state index in [1.807, 2.05) is 41.5 Å². The van der Waals surface area contributed by atoms with Gasteiger partial charge in [-0.2, -0.15) is 0 Å². The van der Waals surface area contributed by atoms with Gasteiger partial charge in [-0.3, -0.25) is 4.79 Å². The van der Waals surface area contributed by atoms with Crippen LogP contribution in [0.25, 0.3) is 0 Å². The van der Waals surface area contributed by atoms with E-state index in [9.17, 15) is 18.0 Å². The monoisotopic (exact) mass is 552 g/mol. The van der Waals surface area contributed by atoms with E-state index in [4.69, 9.17) is 14.0 Å². The molecule has 2 saturated heterocycles. The lowest BCUT2D eigenvalue weighted by molar-refractivity contribution is -0.135. The van der Waals surface area contributed by atoms with Crippen LogP contribution in [0.15, 0.2) is 17.6 Å². The maximum Gasteiger partial charge on any atom is 0.498 e. The molecule has 2 aliphatic rings. The number of carbonyl (C=O) groups excluding carboxylic acids is 2. The molecule has 2 amide bonds. The first-order valence-electron chi connectivity index (χ1n) is 13.0. The normalized spacial score (nSPS) is 22.0. The first kappa shape index (κ1) is 30.3. The molecule has 13 heteroatoms. The smallest absolute Gasteiger partial charge is 0.444 e. The van der Waals surface area contributed by atoms with Crippen LogP contribution < -0.4 is 10.8 Å². The summed E-state index contributed by atoms with van der Waals surface area (Å²) in [6, 6.07) is -1.40. The first-order chi connectivity index (χ1) is 17.3. The number of aromatic nitrogens is 2. The number of carbonyl (C=O) groups is 2. The predicted molar refractivity (Wildman–Crippen MR) is 143 cm³/mol. The summed E-state index contributed by atoms with van der Waals surface area (Å²) in [6.07, 6.45) is 3.29. The van der Waals surface area contributed by atoms with Crippen LogP contribution in [0.1, 0.15) is 75.2 Å². The molecule has 0 aliphatic carbocycles. The van der Waals surface area contributed by atoms with E-state index in [1.54, 1.807) is 25.7 Å². The van der Waals surface area contributed by atoms with Gasteiger partial charge in [0.15, 0.2) is 0 Å². The molecule has 3 rings (SSSR count). The topological polar surface area (TPSA) is 137 Å². The number of nitrogens with one attached hydrogen (secondary N) is 1. The molecule has 2 aliphatic heterocycles. The maximum atomic E-state index is 13.4. The van der Waals surface area contributed by atoms with Crippen molar-refractivity contribution in [3.63, 3.8) is 0 Å². The SMILES string of the molecule is CC(C)[C@H](NC(=O)OC(C)(C)C)C(=O)N1CCC[C@@H]1CS(=O)(=O)c1ncc(B2OC(C)(C)C(C)(C)O2)cn1. The van der Waals surface area contributed by atoms with Gasteiger partial charge in [0.2, 0.25) is 20.9 Å². The number of amides is 2. The summed E-state index contributed by atoms with van der Waals surface area (Å²) in [4.78, 5) is 35.5. The predicted octanol–water partition coefficient (Wildman–Crippen LogP) is 2.09. The molecule has 0 unspecified atom stereocenters. The molecule has 2 atom stereocenters. The van der Waals surface area contributed by atoms with Crippen molar-refractivity contribution >= 4 is 34.4 Å². The lowest BCUT2D eigenvalue weighted by Crippen LogP contribution is -2.54. The third-order valence-corrected chi connectivity index (χ3v) is 8.72. The van der Waals surface area contributed by atoms with Crippen molar-refractivity contribution in [3.8, 4) is 0 Å². The second-order valence-electron chi connectivity index (χ2n) is 12.4. The third-order valence-electron chi connectivity index (χ3n) is 7.13. The maximum absolute atomic E-state index is 13.4. The van der Waals surface area contributed by atoms with Crippen LogP contribution in [0.3, 0.4) is 0 Å². The largest absolute Gasteiger partial charge is 0.498 e. The summed E-state index contributed by atoms with van der Waals surface area (Å²) in [5.41, 5.74) is -1.29. The van der Waals surface area contributed by atoms with E-state index >= 15 is 0 Å². The number of nitrogens with zero attached hydrogens (tertiary/aromatic N) is 3. The van der Waals surface area contributed by atoms with Crippen molar-refractivity contribution in [2.45, 2.75) is 109 Å². The number of rotatable bonds is 7. The summed E-state index contributed by atoms with van der Waals surface area (Å²) >= 11 is 0.